The molecule has 0 bridgehead atoms. The first kappa shape index (κ1) is 15.9. The highest BCUT2D eigenvalue weighted by Gasteiger charge is 2.13. The number of benzene rings is 2. The highest BCUT2D eigenvalue weighted by Crippen LogP contribution is 2.28. The summed E-state index contributed by atoms with van der Waals surface area (Å²) in [4.78, 5) is 14.6. The number of hydrogen-bond donors (Lipinski definition) is 2. The lowest BCUT2D eigenvalue weighted by atomic mass is 10.1. The van der Waals surface area contributed by atoms with E-state index in [1.165, 1.54) is 0 Å². The summed E-state index contributed by atoms with van der Waals surface area (Å²) in [6.07, 6.45) is 0. The molecule has 1 amide bonds. The Morgan fingerprint density at radius 2 is 1.86 bits per heavy atom. The quantitative estimate of drug-likeness (QED) is 0.828. The van der Waals surface area contributed by atoms with E-state index >= 15 is 0 Å². The Morgan fingerprint density at radius 3 is 2.50 bits per heavy atom. The molecule has 0 saturated heterocycles. The maximum absolute atomic E-state index is 12.5. The fourth-order valence-corrected chi connectivity index (χ4v) is 2.47. The third-order valence-electron chi connectivity index (χ3n) is 3.65. The first-order valence-electron chi connectivity index (χ1n) is 7.57. The van der Waals surface area contributed by atoms with Gasteiger partial charge in [-0.3, -0.25) is 4.79 Å². The van der Waals surface area contributed by atoms with E-state index in [2.05, 4.69) is 24.1 Å². The number of amides is 1. The van der Waals surface area contributed by atoms with Crippen molar-refractivity contribution in [1.29, 1.82) is 0 Å². The predicted octanol–water partition coefficient (Wildman–Crippen LogP) is 3.68. The zero-order valence-corrected chi connectivity index (χ0v) is 13.4. The maximum atomic E-state index is 12.5. The van der Waals surface area contributed by atoms with Crippen LogP contribution in [0, 0.1) is 6.92 Å². The molecule has 22 heavy (non-hydrogen) atoms. The Balaban J connectivity index is 2.32. The van der Waals surface area contributed by atoms with Gasteiger partial charge in [-0.05, 0) is 51.1 Å². The molecule has 0 saturated carbocycles. The lowest BCUT2D eigenvalue weighted by Gasteiger charge is -2.24. The van der Waals surface area contributed by atoms with Gasteiger partial charge >= 0.3 is 0 Å². The molecule has 0 atom stereocenters. The molecule has 0 radical (unpaired) electrons. The zero-order valence-electron chi connectivity index (χ0n) is 13.4. The van der Waals surface area contributed by atoms with E-state index in [4.69, 9.17) is 5.73 Å². The number of hydrogen-bond acceptors (Lipinski definition) is 3. The number of nitrogens with zero attached hydrogens (tertiary/aromatic N) is 1. The van der Waals surface area contributed by atoms with Gasteiger partial charge in [0.15, 0.2) is 0 Å². The third kappa shape index (κ3) is 3.58. The van der Waals surface area contributed by atoms with Crippen LogP contribution in [-0.2, 0) is 0 Å². The maximum Gasteiger partial charge on any atom is 0.255 e. The van der Waals surface area contributed by atoms with Crippen molar-refractivity contribution in [2.45, 2.75) is 20.8 Å². The summed E-state index contributed by atoms with van der Waals surface area (Å²) in [5.74, 6) is -0.122. The molecule has 2 aromatic rings. The van der Waals surface area contributed by atoms with E-state index < -0.39 is 0 Å². The van der Waals surface area contributed by atoms with Crippen LogP contribution in [0.25, 0.3) is 0 Å². The number of carbonyl (C=O) groups excluding carboxylic acids is 1. The van der Waals surface area contributed by atoms with E-state index in [1.807, 2.05) is 43.3 Å². The first-order chi connectivity index (χ1) is 10.5. The monoisotopic (exact) mass is 297 g/mol. The van der Waals surface area contributed by atoms with Gasteiger partial charge in [-0.2, -0.15) is 0 Å². The van der Waals surface area contributed by atoms with Crippen molar-refractivity contribution in [3.63, 3.8) is 0 Å². The van der Waals surface area contributed by atoms with Gasteiger partial charge in [0.1, 0.15) is 0 Å². The molecule has 0 spiro atoms. The van der Waals surface area contributed by atoms with Crippen molar-refractivity contribution in [1.82, 2.24) is 0 Å². The van der Waals surface area contributed by atoms with Crippen molar-refractivity contribution in [3.05, 3.63) is 53.6 Å². The second kappa shape index (κ2) is 6.98. The van der Waals surface area contributed by atoms with Crippen molar-refractivity contribution in [2.75, 3.05) is 29.0 Å². The van der Waals surface area contributed by atoms with Crippen LogP contribution in [0.1, 0.15) is 29.8 Å². The molecular weight excluding hydrogens is 274 g/mol. The highest BCUT2D eigenvalue weighted by molar-refractivity contribution is 6.06. The molecule has 0 unspecified atom stereocenters. The van der Waals surface area contributed by atoms with Crippen LogP contribution in [-0.4, -0.2) is 19.0 Å². The summed E-state index contributed by atoms with van der Waals surface area (Å²) in [5, 5.41) is 2.98. The van der Waals surface area contributed by atoms with E-state index in [-0.39, 0.29) is 5.91 Å². The number of anilines is 3. The van der Waals surface area contributed by atoms with Gasteiger partial charge in [-0.1, -0.05) is 17.7 Å². The zero-order chi connectivity index (χ0) is 16.1. The van der Waals surface area contributed by atoms with Crippen LogP contribution in [0.5, 0.6) is 0 Å². The SMILES string of the molecule is CCN(CC)c1ccc(N)cc1NC(=O)c1cccc(C)c1. The number of carbonyl (C=O) groups is 1. The number of rotatable bonds is 5. The fourth-order valence-electron chi connectivity index (χ4n) is 2.47. The molecule has 0 aliphatic heterocycles. The molecule has 0 aliphatic carbocycles. The molecule has 0 heterocycles. The van der Waals surface area contributed by atoms with Crippen LogP contribution in [0.4, 0.5) is 17.1 Å². The van der Waals surface area contributed by atoms with Crippen molar-refractivity contribution >= 4 is 23.0 Å². The normalized spacial score (nSPS) is 10.3. The van der Waals surface area contributed by atoms with E-state index in [1.54, 1.807) is 6.07 Å². The Hall–Kier alpha value is -2.49. The molecule has 0 aromatic heterocycles. The number of aryl methyl sites for hydroxylation is 1. The van der Waals surface area contributed by atoms with Crippen molar-refractivity contribution < 1.29 is 4.79 Å². The predicted molar refractivity (Wildman–Crippen MR) is 93.5 cm³/mol. The van der Waals surface area contributed by atoms with Gasteiger partial charge in [0.25, 0.3) is 5.91 Å². The van der Waals surface area contributed by atoms with Crippen LogP contribution in [0.3, 0.4) is 0 Å². The van der Waals surface area contributed by atoms with Gasteiger partial charge in [0, 0.05) is 24.3 Å². The second-order valence-corrected chi connectivity index (χ2v) is 5.27. The highest BCUT2D eigenvalue weighted by atomic mass is 16.1. The smallest absolute Gasteiger partial charge is 0.255 e. The Morgan fingerprint density at radius 1 is 1.14 bits per heavy atom. The molecule has 2 rings (SSSR count). The first-order valence-corrected chi connectivity index (χ1v) is 7.57. The van der Waals surface area contributed by atoms with Crippen molar-refractivity contribution in [3.8, 4) is 0 Å². The van der Waals surface area contributed by atoms with Gasteiger partial charge in [-0.25, -0.2) is 0 Å². The number of nitrogen functional groups attached to an aromatic ring is 1. The molecule has 0 fully saturated rings. The second-order valence-electron chi connectivity index (χ2n) is 5.27. The summed E-state index contributed by atoms with van der Waals surface area (Å²) >= 11 is 0. The summed E-state index contributed by atoms with van der Waals surface area (Å²) in [6.45, 7) is 7.89. The number of nitrogens with one attached hydrogen (secondary N) is 1. The van der Waals surface area contributed by atoms with Gasteiger partial charge < -0.3 is 16.0 Å². The topological polar surface area (TPSA) is 58.4 Å². The van der Waals surface area contributed by atoms with Gasteiger partial charge in [-0.15, -0.1) is 0 Å². The van der Waals surface area contributed by atoms with Crippen molar-refractivity contribution in [2.24, 2.45) is 0 Å². The molecule has 116 valence electrons. The van der Waals surface area contributed by atoms with E-state index in [9.17, 15) is 4.79 Å². The number of nitrogens with two attached hydrogens (primary N) is 1. The minimum atomic E-state index is -0.122. The van der Waals surface area contributed by atoms with Crippen LogP contribution >= 0.6 is 0 Å². The molecular formula is C18H23N3O. The van der Waals surface area contributed by atoms with Crippen LogP contribution in [0.2, 0.25) is 0 Å². The average Bonchev–Trinajstić information content (AvgIpc) is 2.50. The molecule has 2 aromatic carbocycles. The fraction of sp³-hybridized carbons (Fsp3) is 0.278. The van der Waals surface area contributed by atoms with Gasteiger partial charge in [0.2, 0.25) is 0 Å². The minimum absolute atomic E-state index is 0.122. The summed E-state index contributed by atoms with van der Waals surface area (Å²) < 4.78 is 0. The summed E-state index contributed by atoms with van der Waals surface area (Å²) in [6, 6.07) is 13.2. The lowest BCUT2D eigenvalue weighted by molar-refractivity contribution is 0.102. The molecule has 4 nitrogen and oxygen atoms in total. The summed E-state index contributed by atoms with van der Waals surface area (Å²) in [7, 11) is 0. The molecule has 0 aliphatic rings. The lowest BCUT2D eigenvalue weighted by Crippen LogP contribution is -2.24. The molecule has 4 heteroatoms. The molecule has 3 N–H and O–H groups in total. The van der Waals surface area contributed by atoms with E-state index in [0.717, 1.165) is 30.0 Å². The average molecular weight is 297 g/mol. The largest absolute Gasteiger partial charge is 0.399 e. The Kier molecular flexibility index (Phi) is 5.04. The Bertz CT molecular complexity index is 663. The standard InChI is InChI=1S/C18H23N3O/c1-4-21(5-2)17-10-9-15(19)12-16(17)20-18(22)14-8-6-7-13(3)11-14/h6-12H,4-5,19H2,1-3H3,(H,20,22). The summed E-state index contributed by atoms with van der Waals surface area (Å²) in [5.41, 5.74) is 9.95. The Labute approximate surface area is 131 Å². The minimum Gasteiger partial charge on any atom is -0.399 e. The van der Waals surface area contributed by atoms with Crippen LogP contribution in [0.15, 0.2) is 42.5 Å². The van der Waals surface area contributed by atoms with Gasteiger partial charge in [0.05, 0.1) is 11.4 Å². The van der Waals surface area contributed by atoms with Crippen LogP contribution < -0.4 is 16.0 Å². The van der Waals surface area contributed by atoms with E-state index in [0.29, 0.717) is 11.3 Å². The third-order valence-corrected chi connectivity index (χ3v) is 3.65.